The summed E-state index contributed by atoms with van der Waals surface area (Å²) >= 11 is 6.24. The van der Waals surface area contributed by atoms with Gasteiger partial charge in [-0.3, -0.25) is 4.79 Å². The van der Waals surface area contributed by atoms with E-state index in [9.17, 15) is 4.79 Å². The standard InChI is InChI=1S/C4H2Br2N2O/c5-3-4(6)8-2(1-9)7-3/h1H,(H,7,8). The Bertz CT molecular complexity index is 213. The van der Waals surface area contributed by atoms with Crippen molar-refractivity contribution in [2.24, 2.45) is 0 Å². The molecule has 0 radical (unpaired) electrons. The summed E-state index contributed by atoms with van der Waals surface area (Å²) in [4.78, 5) is 16.5. The number of carbonyl (C=O) groups is 1. The van der Waals surface area contributed by atoms with Crippen LogP contribution in [0.25, 0.3) is 0 Å². The second-order valence-electron chi connectivity index (χ2n) is 1.34. The summed E-state index contributed by atoms with van der Waals surface area (Å²) in [6.07, 6.45) is 0.648. The van der Waals surface area contributed by atoms with E-state index in [0.29, 0.717) is 21.3 Å². The maximum atomic E-state index is 10.0. The van der Waals surface area contributed by atoms with Crippen LogP contribution in [-0.2, 0) is 0 Å². The minimum atomic E-state index is 0.314. The van der Waals surface area contributed by atoms with Crippen LogP contribution in [0.15, 0.2) is 9.21 Å². The summed E-state index contributed by atoms with van der Waals surface area (Å²) in [5, 5.41) is 0. The molecule has 0 aromatic carbocycles. The van der Waals surface area contributed by atoms with E-state index < -0.39 is 0 Å². The number of halogens is 2. The van der Waals surface area contributed by atoms with Gasteiger partial charge in [-0.05, 0) is 31.9 Å². The van der Waals surface area contributed by atoms with Crippen LogP contribution in [0.2, 0.25) is 0 Å². The van der Waals surface area contributed by atoms with Crippen molar-refractivity contribution in [1.82, 2.24) is 9.97 Å². The van der Waals surface area contributed by atoms with E-state index in [1.807, 2.05) is 0 Å². The molecule has 0 amide bonds. The smallest absolute Gasteiger partial charge is 0.185 e. The predicted octanol–water partition coefficient (Wildman–Crippen LogP) is 1.75. The Morgan fingerprint density at radius 3 is 2.44 bits per heavy atom. The molecule has 48 valence electrons. The number of aldehydes is 1. The van der Waals surface area contributed by atoms with Crippen LogP contribution < -0.4 is 0 Å². The maximum Gasteiger partial charge on any atom is 0.185 e. The predicted molar refractivity (Wildman–Crippen MR) is 39.4 cm³/mol. The van der Waals surface area contributed by atoms with Crippen molar-refractivity contribution < 1.29 is 4.79 Å². The van der Waals surface area contributed by atoms with Gasteiger partial charge in [-0.2, -0.15) is 0 Å². The zero-order valence-electron chi connectivity index (χ0n) is 4.19. The molecule has 0 fully saturated rings. The Labute approximate surface area is 68.1 Å². The molecule has 1 aromatic rings. The van der Waals surface area contributed by atoms with Crippen LogP contribution in [-0.4, -0.2) is 16.3 Å². The highest BCUT2D eigenvalue weighted by Gasteiger charge is 2.01. The van der Waals surface area contributed by atoms with Crippen molar-refractivity contribution in [3.63, 3.8) is 0 Å². The molecule has 1 rings (SSSR count). The Balaban J connectivity index is 3.11. The molecule has 9 heavy (non-hydrogen) atoms. The van der Waals surface area contributed by atoms with Crippen LogP contribution in [0.3, 0.4) is 0 Å². The quantitative estimate of drug-likeness (QED) is 0.776. The van der Waals surface area contributed by atoms with Gasteiger partial charge in [0.2, 0.25) is 0 Å². The highest BCUT2D eigenvalue weighted by molar-refractivity contribution is 9.13. The first-order valence-corrected chi connectivity index (χ1v) is 3.69. The highest BCUT2D eigenvalue weighted by atomic mass is 79.9. The van der Waals surface area contributed by atoms with E-state index in [1.54, 1.807) is 0 Å². The first-order chi connectivity index (χ1) is 4.24. The molecule has 0 aliphatic heterocycles. The lowest BCUT2D eigenvalue weighted by Gasteiger charge is -1.74. The van der Waals surface area contributed by atoms with Crippen molar-refractivity contribution in [2.45, 2.75) is 0 Å². The van der Waals surface area contributed by atoms with Gasteiger partial charge in [-0.1, -0.05) is 0 Å². The number of aromatic nitrogens is 2. The summed E-state index contributed by atoms with van der Waals surface area (Å²) in [5.74, 6) is 0.314. The SMILES string of the molecule is O=Cc1nc(Br)c(Br)[nH]1. The number of nitrogens with zero attached hydrogens (tertiary/aromatic N) is 1. The summed E-state index contributed by atoms with van der Waals surface area (Å²) in [5.41, 5.74) is 0. The molecule has 1 aromatic heterocycles. The molecule has 0 bridgehead atoms. The van der Waals surface area contributed by atoms with Crippen molar-refractivity contribution in [3.05, 3.63) is 15.0 Å². The van der Waals surface area contributed by atoms with Gasteiger partial charge in [-0.15, -0.1) is 0 Å². The van der Waals surface area contributed by atoms with Gasteiger partial charge in [-0.25, -0.2) is 4.98 Å². The van der Waals surface area contributed by atoms with E-state index in [-0.39, 0.29) is 0 Å². The summed E-state index contributed by atoms with van der Waals surface area (Å²) in [7, 11) is 0. The maximum absolute atomic E-state index is 10.0. The third-order valence-electron chi connectivity index (χ3n) is 0.749. The fourth-order valence-corrected chi connectivity index (χ4v) is 0.985. The zero-order chi connectivity index (χ0) is 6.85. The molecule has 0 aliphatic rings. The van der Waals surface area contributed by atoms with E-state index in [0.717, 1.165) is 0 Å². The normalized spacial score (nSPS) is 9.56. The highest BCUT2D eigenvalue weighted by Crippen LogP contribution is 2.18. The number of hydrogen-bond acceptors (Lipinski definition) is 2. The molecule has 0 aliphatic carbocycles. The second kappa shape index (κ2) is 2.62. The number of rotatable bonds is 1. The molecular formula is C4H2Br2N2O. The van der Waals surface area contributed by atoms with E-state index in [2.05, 4.69) is 41.8 Å². The van der Waals surface area contributed by atoms with Crippen LogP contribution in [0.5, 0.6) is 0 Å². The molecule has 0 atom stereocenters. The fourth-order valence-electron chi connectivity index (χ4n) is 0.403. The molecule has 3 nitrogen and oxygen atoms in total. The van der Waals surface area contributed by atoms with Crippen molar-refractivity contribution >= 4 is 38.1 Å². The Morgan fingerprint density at radius 1 is 1.56 bits per heavy atom. The largest absolute Gasteiger partial charge is 0.329 e. The lowest BCUT2D eigenvalue weighted by atomic mass is 10.7. The first kappa shape index (κ1) is 6.95. The van der Waals surface area contributed by atoms with Gasteiger partial charge >= 0.3 is 0 Å². The topological polar surface area (TPSA) is 45.8 Å². The molecule has 5 heteroatoms. The minimum Gasteiger partial charge on any atom is -0.329 e. The first-order valence-electron chi connectivity index (χ1n) is 2.10. The monoisotopic (exact) mass is 252 g/mol. The Hall–Kier alpha value is -0.160. The minimum absolute atomic E-state index is 0.314. The van der Waals surface area contributed by atoms with Crippen LogP contribution in [0, 0.1) is 0 Å². The average Bonchev–Trinajstić information content (AvgIpc) is 2.13. The number of nitrogens with one attached hydrogen (secondary N) is 1. The van der Waals surface area contributed by atoms with Gasteiger partial charge in [0, 0.05) is 0 Å². The third-order valence-corrected chi connectivity index (χ3v) is 2.43. The number of hydrogen-bond donors (Lipinski definition) is 1. The van der Waals surface area contributed by atoms with Gasteiger partial charge in [0.1, 0.15) is 9.21 Å². The number of H-pyrrole nitrogens is 1. The second-order valence-corrected chi connectivity index (χ2v) is 2.89. The summed E-state index contributed by atoms with van der Waals surface area (Å²) in [6, 6.07) is 0. The average molecular weight is 254 g/mol. The third kappa shape index (κ3) is 1.40. The summed E-state index contributed by atoms with van der Waals surface area (Å²) < 4.78 is 1.30. The number of aromatic amines is 1. The van der Waals surface area contributed by atoms with Crippen molar-refractivity contribution in [1.29, 1.82) is 0 Å². The van der Waals surface area contributed by atoms with Gasteiger partial charge < -0.3 is 4.98 Å². The lowest BCUT2D eigenvalue weighted by molar-refractivity contribution is 0.111. The van der Waals surface area contributed by atoms with Gasteiger partial charge in [0.05, 0.1) is 0 Å². The molecular weight excluding hydrogens is 252 g/mol. The fraction of sp³-hybridized carbons (Fsp3) is 0. The number of imidazole rings is 1. The van der Waals surface area contributed by atoms with E-state index in [1.165, 1.54) is 0 Å². The van der Waals surface area contributed by atoms with E-state index in [4.69, 9.17) is 0 Å². The molecule has 0 saturated heterocycles. The van der Waals surface area contributed by atoms with Crippen LogP contribution >= 0.6 is 31.9 Å². The molecule has 0 unspecified atom stereocenters. The molecule has 0 spiro atoms. The molecule has 1 N–H and O–H groups in total. The molecule has 1 heterocycles. The van der Waals surface area contributed by atoms with Crippen molar-refractivity contribution in [3.8, 4) is 0 Å². The number of carbonyl (C=O) groups excluding carboxylic acids is 1. The van der Waals surface area contributed by atoms with Gasteiger partial charge in [0.15, 0.2) is 12.1 Å². The Kier molecular flexibility index (Phi) is 2.02. The van der Waals surface area contributed by atoms with E-state index >= 15 is 0 Å². The molecule has 0 saturated carbocycles. The van der Waals surface area contributed by atoms with Crippen LogP contribution in [0.1, 0.15) is 10.6 Å². The Morgan fingerprint density at radius 2 is 2.22 bits per heavy atom. The zero-order valence-corrected chi connectivity index (χ0v) is 7.36. The lowest BCUT2D eigenvalue weighted by Crippen LogP contribution is -1.79. The van der Waals surface area contributed by atoms with Gasteiger partial charge in [0.25, 0.3) is 0 Å². The summed E-state index contributed by atoms with van der Waals surface area (Å²) in [6.45, 7) is 0. The van der Waals surface area contributed by atoms with Crippen molar-refractivity contribution in [2.75, 3.05) is 0 Å². The van der Waals surface area contributed by atoms with Crippen LogP contribution in [0.4, 0.5) is 0 Å².